The number of fused-ring (bicyclic) bond motifs is 3. The van der Waals surface area contributed by atoms with E-state index in [2.05, 4.69) is 24.3 Å². The molecule has 0 bridgehead atoms. The topological polar surface area (TPSA) is 55.4 Å². The monoisotopic (exact) mass is 384 g/mol. The highest BCUT2D eigenvalue weighted by Gasteiger charge is 2.39. The molecule has 2 aliphatic heterocycles. The molecule has 5 rings (SSSR count). The van der Waals surface area contributed by atoms with Crippen LogP contribution >= 0.6 is 0 Å². The summed E-state index contributed by atoms with van der Waals surface area (Å²) < 4.78 is 33.6. The van der Waals surface area contributed by atoms with Gasteiger partial charge >= 0.3 is 0 Å². The van der Waals surface area contributed by atoms with Gasteiger partial charge in [-0.2, -0.15) is 0 Å². The van der Waals surface area contributed by atoms with E-state index >= 15 is 0 Å². The van der Waals surface area contributed by atoms with E-state index in [1.165, 1.54) is 16.7 Å². The highest BCUT2D eigenvalue weighted by Crippen LogP contribution is 2.49. The lowest BCUT2D eigenvalue weighted by Gasteiger charge is -2.39. The van der Waals surface area contributed by atoms with E-state index < -0.39 is 0 Å². The first-order valence-corrected chi connectivity index (χ1v) is 9.58. The van der Waals surface area contributed by atoms with Gasteiger partial charge in [-0.05, 0) is 59.2 Å². The van der Waals surface area contributed by atoms with Crippen LogP contribution in [0.25, 0.3) is 0 Å². The number of hydrogen-bond acceptors (Lipinski definition) is 6. The van der Waals surface area contributed by atoms with Gasteiger partial charge < -0.3 is 28.4 Å². The Hall–Kier alpha value is -2.44. The van der Waals surface area contributed by atoms with Crippen molar-refractivity contribution in [1.29, 1.82) is 0 Å². The lowest BCUT2D eigenvalue weighted by Crippen LogP contribution is -2.36. The van der Waals surface area contributed by atoms with Gasteiger partial charge in [0, 0.05) is 26.7 Å². The van der Waals surface area contributed by atoms with Crippen molar-refractivity contribution < 1.29 is 28.4 Å². The van der Waals surface area contributed by atoms with E-state index in [0.717, 1.165) is 29.4 Å². The zero-order valence-corrected chi connectivity index (χ0v) is 16.1. The minimum absolute atomic E-state index is 0.146. The first-order valence-electron chi connectivity index (χ1n) is 9.58. The summed E-state index contributed by atoms with van der Waals surface area (Å²) in [6, 6.07) is 10.5. The summed E-state index contributed by atoms with van der Waals surface area (Å²) in [5, 5.41) is 0. The molecule has 3 atom stereocenters. The number of ether oxygens (including phenoxy) is 6. The smallest absolute Gasteiger partial charge is 0.231 e. The summed E-state index contributed by atoms with van der Waals surface area (Å²) in [6.45, 7) is 1.88. The molecule has 6 nitrogen and oxygen atoms in total. The average molecular weight is 384 g/mol. The van der Waals surface area contributed by atoms with Crippen LogP contribution in [-0.4, -0.2) is 41.0 Å². The maximum absolute atomic E-state index is 5.67. The van der Waals surface area contributed by atoms with Crippen molar-refractivity contribution in [2.45, 2.75) is 12.3 Å². The van der Waals surface area contributed by atoms with E-state index in [0.29, 0.717) is 19.1 Å². The van der Waals surface area contributed by atoms with Crippen LogP contribution in [0, 0.1) is 11.8 Å². The molecule has 3 aliphatic rings. The predicted molar refractivity (Wildman–Crippen MR) is 101 cm³/mol. The van der Waals surface area contributed by atoms with Gasteiger partial charge in [0.05, 0.1) is 6.61 Å². The van der Waals surface area contributed by atoms with Crippen molar-refractivity contribution in [3.05, 3.63) is 47.0 Å². The molecule has 0 saturated heterocycles. The molecule has 0 saturated carbocycles. The van der Waals surface area contributed by atoms with Gasteiger partial charge in [0.1, 0.15) is 0 Å². The molecule has 148 valence electrons. The first kappa shape index (κ1) is 17.6. The molecule has 0 N–H and O–H groups in total. The zero-order chi connectivity index (χ0) is 19.1. The molecule has 0 amide bonds. The van der Waals surface area contributed by atoms with E-state index in [9.17, 15) is 0 Å². The van der Waals surface area contributed by atoms with E-state index in [1.807, 2.05) is 6.07 Å². The Balaban J connectivity index is 1.64. The van der Waals surface area contributed by atoms with Gasteiger partial charge in [0.25, 0.3) is 0 Å². The Bertz CT molecular complexity index is 880. The summed E-state index contributed by atoms with van der Waals surface area (Å²) >= 11 is 0. The minimum atomic E-state index is 0.146. The third-order valence-corrected chi connectivity index (χ3v) is 5.98. The molecule has 0 aromatic heterocycles. The molecule has 2 aromatic carbocycles. The molecule has 0 radical (unpaired) electrons. The second kappa shape index (κ2) is 7.18. The van der Waals surface area contributed by atoms with Crippen molar-refractivity contribution in [3.8, 4) is 23.0 Å². The maximum Gasteiger partial charge on any atom is 0.231 e. The summed E-state index contributed by atoms with van der Waals surface area (Å²) in [6.07, 6.45) is 0.925. The summed E-state index contributed by atoms with van der Waals surface area (Å²) in [4.78, 5) is 0. The molecular formula is C22H24O6. The Kier molecular flexibility index (Phi) is 4.53. The third kappa shape index (κ3) is 2.88. The van der Waals surface area contributed by atoms with Crippen LogP contribution in [0.15, 0.2) is 30.3 Å². The van der Waals surface area contributed by atoms with Gasteiger partial charge in [-0.25, -0.2) is 0 Å². The first-order chi connectivity index (χ1) is 13.8. The van der Waals surface area contributed by atoms with Gasteiger partial charge in [0.2, 0.25) is 13.6 Å². The third-order valence-electron chi connectivity index (χ3n) is 5.98. The standard InChI is InChI=1S/C22H24O6/c1-23-9-15-5-14-7-20-21(28-12-27-20)8-16(14)22(17(15)10-24-2)13-3-4-18-19(6-13)26-11-25-18/h3-4,6-8,15,17,22H,5,9-12H2,1-2H3/t15-,17-,22-/m0/s1. The Morgan fingerprint density at radius 1 is 0.821 bits per heavy atom. The number of benzene rings is 2. The second-order valence-corrected chi connectivity index (χ2v) is 7.53. The van der Waals surface area contributed by atoms with Crippen molar-refractivity contribution >= 4 is 0 Å². The normalized spacial score (nSPS) is 24.3. The van der Waals surface area contributed by atoms with Crippen molar-refractivity contribution in [2.75, 3.05) is 41.0 Å². The summed E-state index contributed by atoms with van der Waals surface area (Å²) in [5.41, 5.74) is 3.73. The largest absolute Gasteiger partial charge is 0.454 e. The van der Waals surface area contributed by atoms with Crippen molar-refractivity contribution in [1.82, 2.24) is 0 Å². The van der Waals surface area contributed by atoms with Crippen molar-refractivity contribution in [2.24, 2.45) is 11.8 Å². The number of methoxy groups -OCH3 is 2. The van der Waals surface area contributed by atoms with E-state index in [-0.39, 0.29) is 25.4 Å². The molecule has 0 spiro atoms. The fraction of sp³-hybridized carbons (Fsp3) is 0.455. The summed E-state index contributed by atoms with van der Waals surface area (Å²) in [7, 11) is 3.52. The Morgan fingerprint density at radius 2 is 1.50 bits per heavy atom. The lowest BCUT2D eigenvalue weighted by atomic mass is 9.67. The molecule has 0 fully saturated rings. The predicted octanol–water partition coefficient (Wildman–Crippen LogP) is 3.36. The second-order valence-electron chi connectivity index (χ2n) is 7.53. The van der Waals surface area contributed by atoms with E-state index in [4.69, 9.17) is 28.4 Å². The van der Waals surface area contributed by atoms with Crippen LogP contribution in [-0.2, 0) is 15.9 Å². The quantitative estimate of drug-likeness (QED) is 0.788. The fourth-order valence-electron chi connectivity index (χ4n) is 4.76. The Labute approximate surface area is 164 Å². The van der Waals surface area contributed by atoms with E-state index in [1.54, 1.807) is 14.2 Å². The fourth-order valence-corrected chi connectivity index (χ4v) is 4.76. The molecule has 2 aromatic rings. The van der Waals surface area contributed by atoms with Crippen LogP contribution in [0.4, 0.5) is 0 Å². The van der Waals surface area contributed by atoms with Gasteiger partial charge in [-0.1, -0.05) is 6.07 Å². The van der Waals surface area contributed by atoms with Crippen LogP contribution < -0.4 is 18.9 Å². The van der Waals surface area contributed by atoms with Gasteiger partial charge in [0.15, 0.2) is 23.0 Å². The van der Waals surface area contributed by atoms with Crippen LogP contribution in [0.1, 0.15) is 22.6 Å². The van der Waals surface area contributed by atoms with Crippen LogP contribution in [0.3, 0.4) is 0 Å². The molecular weight excluding hydrogens is 360 g/mol. The van der Waals surface area contributed by atoms with Crippen LogP contribution in [0.5, 0.6) is 23.0 Å². The number of hydrogen-bond donors (Lipinski definition) is 0. The average Bonchev–Trinajstić information content (AvgIpc) is 3.35. The van der Waals surface area contributed by atoms with Crippen molar-refractivity contribution in [3.63, 3.8) is 0 Å². The molecule has 2 heterocycles. The summed E-state index contributed by atoms with van der Waals surface area (Å²) in [5.74, 6) is 3.99. The van der Waals surface area contributed by atoms with Crippen LogP contribution in [0.2, 0.25) is 0 Å². The highest BCUT2D eigenvalue weighted by atomic mass is 16.7. The van der Waals surface area contributed by atoms with Gasteiger partial charge in [-0.3, -0.25) is 0 Å². The lowest BCUT2D eigenvalue weighted by molar-refractivity contribution is 0.0566. The minimum Gasteiger partial charge on any atom is -0.454 e. The molecule has 6 heteroatoms. The SMILES string of the molecule is COC[C@@H]1Cc2cc3c(cc2[C@H](c2ccc4c(c2)OCO4)[C@H]1COC)OCO3. The Morgan fingerprint density at radius 3 is 2.25 bits per heavy atom. The van der Waals surface area contributed by atoms with Gasteiger partial charge in [-0.15, -0.1) is 0 Å². The molecule has 1 aliphatic carbocycles. The molecule has 0 unspecified atom stereocenters. The number of rotatable bonds is 5. The highest BCUT2D eigenvalue weighted by molar-refractivity contribution is 5.55. The molecule has 28 heavy (non-hydrogen) atoms. The maximum atomic E-state index is 5.67. The zero-order valence-electron chi connectivity index (χ0n) is 16.1.